The molecule has 3 rings (SSSR count). The van der Waals surface area contributed by atoms with Gasteiger partial charge in [-0.2, -0.15) is 5.26 Å². The molecule has 0 atom stereocenters. The lowest BCUT2D eigenvalue weighted by molar-refractivity contribution is 1.08. The molecular weight excluding hydrogens is 322 g/mol. The molecule has 0 bridgehead atoms. The molecule has 0 radical (unpaired) electrons. The molecule has 3 aromatic rings. The predicted octanol–water partition coefficient (Wildman–Crippen LogP) is 4.36. The molecule has 0 fully saturated rings. The number of nitrogens with one attached hydrogen (secondary N) is 2. The van der Waals surface area contributed by atoms with E-state index >= 15 is 0 Å². The fraction of sp³-hybridized carbons (Fsp3) is 0.0556. The molecule has 1 heterocycles. The van der Waals surface area contributed by atoms with Crippen LogP contribution < -0.4 is 10.6 Å². The number of benzene rings is 2. The molecule has 2 aromatic carbocycles. The van der Waals surface area contributed by atoms with Gasteiger partial charge in [-0.05, 0) is 35.9 Å². The predicted molar refractivity (Wildman–Crippen MR) is 95.3 cm³/mol. The van der Waals surface area contributed by atoms with Gasteiger partial charge in [-0.1, -0.05) is 29.8 Å². The Morgan fingerprint density at radius 2 is 1.75 bits per heavy atom. The monoisotopic (exact) mass is 335 g/mol. The number of nitriles is 1. The van der Waals surface area contributed by atoms with Gasteiger partial charge in [0.1, 0.15) is 18.0 Å². The highest BCUT2D eigenvalue weighted by atomic mass is 35.5. The van der Waals surface area contributed by atoms with Crippen LogP contribution >= 0.6 is 11.6 Å². The first-order chi connectivity index (χ1) is 11.7. The Bertz CT molecular complexity index is 871. The molecular formula is C18H14ClN5. The number of rotatable bonds is 5. The number of hydrogen-bond donors (Lipinski definition) is 2. The third-order valence-electron chi connectivity index (χ3n) is 3.37. The van der Waals surface area contributed by atoms with Gasteiger partial charge in [0.2, 0.25) is 0 Å². The average Bonchev–Trinajstić information content (AvgIpc) is 2.62. The third kappa shape index (κ3) is 4.00. The van der Waals surface area contributed by atoms with Crippen molar-refractivity contribution in [1.82, 2.24) is 9.97 Å². The van der Waals surface area contributed by atoms with Gasteiger partial charge in [0.15, 0.2) is 0 Å². The van der Waals surface area contributed by atoms with Crippen molar-refractivity contribution in [3.8, 4) is 6.07 Å². The average molecular weight is 336 g/mol. The van der Waals surface area contributed by atoms with Gasteiger partial charge in [0.05, 0.1) is 11.6 Å². The zero-order valence-electron chi connectivity index (χ0n) is 12.7. The van der Waals surface area contributed by atoms with Gasteiger partial charge in [0.25, 0.3) is 0 Å². The maximum absolute atomic E-state index is 8.82. The van der Waals surface area contributed by atoms with Crippen LogP contribution in [0, 0.1) is 11.3 Å². The van der Waals surface area contributed by atoms with E-state index in [2.05, 4.69) is 26.7 Å². The van der Waals surface area contributed by atoms with Crippen LogP contribution in [0.5, 0.6) is 0 Å². The Labute approximate surface area is 145 Å². The van der Waals surface area contributed by atoms with Crippen molar-refractivity contribution >= 4 is 28.9 Å². The molecule has 0 aliphatic heterocycles. The summed E-state index contributed by atoms with van der Waals surface area (Å²) in [5, 5.41) is 15.9. The Morgan fingerprint density at radius 1 is 1.00 bits per heavy atom. The quantitative estimate of drug-likeness (QED) is 0.724. The Balaban J connectivity index is 1.67. The highest BCUT2D eigenvalue weighted by Crippen LogP contribution is 2.19. The number of nitrogens with zero attached hydrogens (tertiary/aromatic N) is 3. The van der Waals surface area contributed by atoms with Crippen LogP contribution in [0.15, 0.2) is 60.9 Å². The van der Waals surface area contributed by atoms with Gasteiger partial charge in [-0.15, -0.1) is 0 Å². The fourth-order valence-corrected chi connectivity index (χ4v) is 2.33. The highest BCUT2D eigenvalue weighted by molar-refractivity contribution is 6.31. The van der Waals surface area contributed by atoms with Gasteiger partial charge in [0, 0.05) is 23.3 Å². The summed E-state index contributed by atoms with van der Waals surface area (Å²) >= 11 is 6.15. The van der Waals surface area contributed by atoms with E-state index in [1.165, 1.54) is 6.33 Å². The highest BCUT2D eigenvalue weighted by Gasteiger charge is 2.02. The summed E-state index contributed by atoms with van der Waals surface area (Å²) in [6.07, 6.45) is 1.49. The standard InChI is InChI=1S/C18H14ClN5/c19-16-4-2-1-3-14(16)11-21-17-9-18(23-12-22-17)24-15-7-5-13(10-20)6-8-15/h1-9,12H,11H2,(H2,21,22,23,24). The van der Waals surface area contributed by atoms with Crippen LogP contribution in [0.2, 0.25) is 5.02 Å². The van der Waals surface area contributed by atoms with Crippen molar-refractivity contribution in [2.75, 3.05) is 10.6 Å². The minimum absolute atomic E-state index is 0.576. The van der Waals surface area contributed by atoms with E-state index < -0.39 is 0 Å². The molecule has 2 N–H and O–H groups in total. The zero-order chi connectivity index (χ0) is 16.8. The first-order valence-electron chi connectivity index (χ1n) is 7.31. The van der Waals surface area contributed by atoms with E-state index in [0.29, 0.717) is 23.7 Å². The van der Waals surface area contributed by atoms with Crippen LogP contribution in [-0.4, -0.2) is 9.97 Å². The van der Waals surface area contributed by atoms with E-state index in [4.69, 9.17) is 16.9 Å². The minimum atomic E-state index is 0.576. The van der Waals surface area contributed by atoms with Crippen LogP contribution in [0.25, 0.3) is 0 Å². The second-order valence-corrected chi connectivity index (χ2v) is 5.45. The lowest BCUT2D eigenvalue weighted by atomic mass is 10.2. The maximum atomic E-state index is 8.82. The van der Waals surface area contributed by atoms with E-state index in [-0.39, 0.29) is 0 Å². The molecule has 0 unspecified atom stereocenters. The van der Waals surface area contributed by atoms with Crippen molar-refractivity contribution in [2.45, 2.75) is 6.54 Å². The van der Waals surface area contributed by atoms with Crippen molar-refractivity contribution in [1.29, 1.82) is 5.26 Å². The molecule has 1 aromatic heterocycles. The zero-order valence-corrected chi connectivity index (χ0v) is 13.5. The molecule has 24 heavy (non-hydrogen) atoms. The van der Waals surface area contributed by atoms with Crippen molar-refractivity contribution in [2.24, 2.45) is 0 Å². The molecule has 5 nitrogen and oxygen atoms in total. The fourth-order valence-electron chi connectivity index (χ4n) is 2.13. The number of anilines is 3. The second kappa shape index (κ2) is 7.44. The van der Waals surface area contributed by atoms with E-state index in [0.717, 1.165) is 16.3 Å². The topological polar surface area (TPSA) is 73.6 Å². The normalized spacial score (nSPS) is 10.0. The summed E-state index contributed by atoms with van der Waals surface area (Å²) < 4.78 is 0. The number of aromatic nitrogens is 2. The largest absolute Gasteiger partial charge is 0.366 e. The smallest absolute Gasteiger partial charge is 0.135 e. The van der Waals surface area contributed by atoms with Gasteiger partial charge >= 0.3 is 0 Å². The van der Waals surface area contributed by atoms with E-state index in [1.54, 1.807) is 12.1 Å². The summed E-state index contributed by atoms with van der Waals surface area (Å²) in [6.45, 7) is 0.576. The van der Waals surface area contributed by atoms with Gasteiger partial charge in [-0.25, -0.2) is 9.97 Å². The number of halogens is 1. The van der Waals surface area contributed by atoms with Crippen molar-refractivity contribution in [3.05, 3.63) is 77.1 Å². The van der Waals surface area contributed by atoms with Crippen molar-refractivity contribution < 1.29 is 0 Å². The molecule has 0 saturated heterocycles. The molecule has 0 spiro atoms. The first-order valence-corrected chi connectivity index (χ1v) is 7.69. The number of hydrogen-bond acceptors (Lipinski definition) is 5. The summed E-state index contributed by atoms with van der Waals surface area (Å²) in [4.78, 5) is 8.40. The lowest BCUT2D eigenvalue weighted by Crippen LogP contribution is -2.03. The Morgan fingerprint density at radius 3 is 2.50 bits per heavy atom. The lowest BCUT2D eigenvalue weighted by Gasteiger charge is -2.09. The Hall–Kier alpha value is -3.10. The first kappa shape index (κ1) is 15.8. The third-order valence-corrected chi connectivity index (χ3v) is 3.74. The molecule has 0 aliphatic rings. The molecule has 0 aliphatic carbocycles. The second-order valence-electron chi connectivity index (χ2n) is 5.05. The Kier molecular flexibility index (Phi) is 4.90. The summed E-state index contributed by atoms with van der Waals surface area (Å²) in [7, 11) is 0. The van der Waals surface area contributed by atoms with Crippen LogP contribution in [-0.2, 0) is 6.54 Å². The van der Waals surface area contributed by atoms with Crippen LogP contribution in [0.1, 0.15) is 11.1 Å². The minimum Gasteiger partial charge on any atom is -0.366 e. The molecule has 6 heteroatoms. The van der Waals surface area contributed by atoms with Gasteiger partial charge in [-0.3, -0.25) is 0 Å². The SMILES string of the molecule is N#Cc1ccc(Nc2cc(NCc3ccccc3Cl)ncn2)cc1. The van der Waals surface area contributed by atoms with E-state index in [1.807, 2.05) is 42.5 Å². The molecule has 118 valence electrons. The molecule has 0 saturated carbocycles. The molecule has 0 amide bonds. The van der Waals surface area contributed by atoms with Gasteiger partial charge < -0.3 is 10.6 Å². The summed E-state index contributed by atoms with van der Waals surface area (Å²) in [5.74, 6) is 1.36. The summed E-state index contributed by atoms with van der Waals surface area (Å²) in [5.41, 5.74) is 2.47. The summed E-state index contributed by atoms with van der Waals surface area (Å²) in [6, 6.07) is 18.7. The van der Waals surface area contributed by atoms with Crippen molar-refractivity contribution in [3.63, 3.8) is 0 Å². The van der Waals surface area contributed by atoms with E-state index in [9.17, 15) is 0 Å². The maximum Gasteiger partial charge on any atom is 0.135 e. The van der Waals surface area contributed by atoms with Crippen LogP contribution in [0.4, 0.5) is 17.3 Å². The van der Waals surface area contributed by atoms with Crippen LogP contribution in [0.3, 0.4) is 0 Å².